The molecule has 0 bridgehead atoms. The Hall–Kier alpha value is -1.53. The average molecular weight is 291 g/mol. The van der Waals surface area contributed by atoms with Crippen molar-refractivity contribution in [2.24, 2.45) is 0 Å². The van der Waals surface area contributed by atoms with E-state index in [9.17, 15) is 13.2 Å². The van der Waals surface area contributed by atoms with Crippen LogP contribution >= 0.6 is 10.7 Å². The summed E-state index contributed by atoms with van der Waals surface area (Å²) in [6, 6.07) is 3.39. The minimum absolute atomic E-state index is 0.0644. The first kappa shape index (κ1) is 14.5. The molecule has 0 aromatic heterocycles. The molecule has 0 fully saturated rings. The van der Waals surface area contributed by atoms with Gasteiger partial charge in [0.05, 0.1) is 4.90 Å². The van der Waals surface area contributed by atoms with Gasteiger partial charge in [0.2, 0.25) is 0 Å². The van der Waals surface area contributed by atoms with E-state index in [1.54, 1.807) is 6.92 Å². The zero-order valence-electron chi connectivity index (χ0n) is 9.51. The second-order valence-corrected chi connectivity index (χ2v) is 6.21. The van der Waals surface area contributed by atoms with Crippen molar-refractivity contribution >= 4 is 25.7 Å². The summed E-state index contributed by atoms with van der Waals surface area (Å²) < 4.78 is 27.4. The minimum Gasteiger partial charge on any atom is -0.488 e. The number of halogens is 1. The van der Waals surface area contributed by atoms with E-state index in [0.717, 1.165) is 6.07 Å². The van der Waals surface area contributed by atoms with Gasteiger partial charge in [0.25, 0.3) is 9.05 Å². The smallest absolute Gasteiger partial charge is 0.339 e. The van der Waals surface area contributed by atoms with Crippen LogP contribution < -0.4 is 4.74 Å². The van der Waals surface area contributed by atoms with E-state index in [2.05, 4.69) is 6.58 Å². The van der Waals surface area contributed by atoms with E-state index in [1.165, 1.54) is 12.1 Å². The van der Waals surface area contributed by atoms with Crippen LogP contribution in [0.25, 0.3) is 0 Å². The third kappa shape index (κ3) is 3.75. The molecular formula is C11H11ClO5S. The molecule has 7 heteroatoms. The van der Waals surface area contributed by atoms with E-state index in [0.29, 0.717) is 5.57 Å². The Bertz CT molecular complexity index is 591. The molecule has 98 valence electrons. The molecule has 5 nitrogen and oxygen atoms in total. The van der Waals surface area contributed by atoms with E-state index in [1.807, 2.05) is 0 Å². The fourth-order valence-electron chi connectivity index (χ4n) is 1.15. The van der Waals surface area contributed by atoms with Crippen molar-refractivity contribution in [3.05, 3.63) is 35.9 Å². The van der Waals surface area contributed by atoms with Crippen molar-refractivity contribution < 1.29 is 23.1 Å². The highest BCUT2D eigenvalue weighted by atomic mass is 35.7. The molecule has 0 spiro atoms. The van der Waals surface area contributed by atoms with Crippen LogP contribution in [0.2, 0.25) is 0 Å². The standard InChI is InChI=1S/C11H11ClO5S/c1-7(2)6-17-10-4-3-8(18(12,15)16)5-9(10)11(13)14/h3-5H,1,6H2,2H3,(H,13,14). The van der Waals surface area contributed by atoms with Crippen LogP contribution in [0.15, 0.2) is 35.2 Å². The predicted octanol–water partition coefficient (Wildman–Crippen LogP) is 2.27. The Morgan fingerprint density at radius 3 is 2.56 bits per heavy atom. The van der Waals surface area contributed by atoms with Gasteiger partial charge in [-0.05, 0) is 30.7 Å². The van der Waals surface area contributed by atoms with Crippen molar-refractivity contribution in [1.29, 1.82) is 0 Å². The molecule has 0 atom stereocenters. The lowest BCUT2D eigenvalue weighted by Crippen LogP contribution is -2.06. The number of hydrogen-bond donors (Lipinski definition) is 1. The first-order chi connectivity index (χ1) is 8.21. The maximum atomic E-state index is 11.1. The van der Waals surface area contributed by atoms with Crippen LogP contribution in [0.5, 0.6) is 5.75 Å². The highest BCUT2D eigenvalue weighted by Gasteiger charge is 2.17. The van der Waals surface area contributed by atoms with Gasteiger partial charge in [-0.25, -0.2) is 13.2 Å². The number of carboxylic acids is 1. The molecular weight excluding hydrogens is 280 g/mol. The van der Waals surface area contributed by atoms with E-state index >= 15 is 0 Å². The quantitative estimate of drug-likeness (QED) is 0.664. The summed E-state index contributed by atoms with van der Waals surface area (Å²) in [6.07, 6.45) is 0. The molecule has 0 amide bonds. The zero-order valence-corrected chi connectivity index (χ0v) is 11.1. The molecule has 0 radical (unpaired) electrons. The average Bonchev–Trinajstić information content (AvgIpc) is 2.24. The molecule has 0 saturated heterocycles. The van der Waals surface area contributed by atoms with E-state index in [4.69, 9.17) is 20.5 Å². The number of rotatable bonds is 5. The van der Waals surface area contributed by atoms with Crippen molar-refractivity contribution in [3.63, 3.8) is 0 Å². The normalized spacial score (nSPS) is 11.0. The molecule has 1 aromatic rings. The third-order valence-electron chi connectivity index (χ3n) is 1.94. The second kappa shape index (κ2) is 5.41. The summed E-state index contributed by atoms with van der Waals surface area (Å²) in [5.41, 5.74) is 0.443. The first-order valence-electron chi connectivity index (χ1n) is 4.81. The molecule has 0 unspecified atom stereocenters. The predicted molar refractivity (Wildman–Crippen MR) is 66.7 cm³/mol. The van der Waals surface area contributed by atoms with Gasteiger partial charge < -0.3 is 9.84 Å². The van der Waals surface area contributed by atoms with Crippen molar-refractivity contribution in [3.8, 4) is 5.75 Å². The molecule has 18 heavy (non-hydrogen) atoms. The van der Waals surface area contributed by atoms with Crippen LogP contribution in [0.1, 0.15) is 17.3 Å². The Balaban J connectivity index is 3.21. The summed E-state index contributed by atoms with van der Waals surface area (Å²) >= 11 is 0. The monoisotopic (exact) mass is 290 g/mol. The van der Waals surface area contributed by atoms with Crippen molar-refractivity contribution in [2.45, 2.75) is 11.8 Å². The van der Waals surface area contributed by atoms with Gasteiger partial charge in [-0.1, -0.05) is 6.58 Å². The lowest BCUT2D eigenvalue weighted by molar-refractivity contribution is 0.0692. The van der Waals surface area contributed by atoms with E-state index < -0.39 is 15.0 Å². The van der Waals surface area contributed by atoms with Crippen LogP contribution in [0.4, 0.5) is 0 Å². The van der Waals surface area contributed by atoms with Crippen molar-refractivity contribution in [1.82, 2.24) is 0 Å². The van der Waals surface area contributed by atoms with Crippen LogP contribution in [-0.4, -0.2) is 26.1 Å². The van der Waals surface area contributed by atoms with Crippen LogP contribution in [0.3, 0.4) is 0 Å². The third-order valence-corrected chi connectivity index (χ3v) is 3.29. The number of carbonyl (C=O) groups is 1. The molecule has 0 aliphatic heterocycles. The van der Waals surface area contributed by atoms with E-state index in [-0.39, 0.29) is 22.8 Å². The topological polar surface area (TPSA) is 80.7 Å². The number of ether oxygens (including phenoxy) is 1. The van der Waals surface area contributed by atoms with Crippen molar-refractivity contribution in [2.75, 3.05) is 6.61 Å². The summed E-state index contributed by atoms with van der Waals surface area (Å²) in [5, 5.41) is 8.98. The Kier molecular flexibility index (Phi) is 4.37. The zero-order chi connectivity index (χ0) is 13.9. The maximum Gasteiger partial charge on any atom is 0.339 e. The first-order valence-corrected chi connectivity index (χ1v) is 7.12. The van der Waals surface area contributed by atoms with Gasteiger partial charge in [-0.3, -0.25) is 0 Å². The van der Waals surface area contributed by atoms with Gasteiger partial charge in [-0.2, -0.15) is 0 Å². The highest BCUT2D eigenvalue weighted by molar-refractivity contribution is 8.13. The molecule has 0 aliphatic rings. The minimum atomic E-state index is -3.97. The molecule has 0 aliphatic carbocycles. The summed E-state index contributed by atoms with van der Waals surface area (Å²) in [4.78, 5) is 10.7. The number of carboxylic acid groups (broad SMARTS) is 1. The molecule has 0 saturated carbocycles. The summed E-state index contributed by atoms with van der Waals surface area (Å²) in [5.74, 6) is -1.23. The van der Waals surface area contributed by atoms with Crippen LogP contribution in [-0.2, 0) is 9.05 Å². The maximum absolute atomic E-state index is 11.1. The Morgan fingerprint density at radius 2 is 2.11 bits per heavy atom. The SMILES string of the molecule is C=C(C)COc1ccc(S(=O)(=O)Cl)cc1C(=O)O. The summed E-state index contributed by atoms with van der Waals surface area (Å²) in [7, 11) is 1.17. The summed E-state index contributed by atoms with van der Waals surface area (Å²) in [6.45, 7) is 5.48. The fraction of sp³-hybridized carbons (Fsp3) is 0.182. The Morgan fingerprint density at radius 1 is 1.50 bits per heavy atom. The van der Waals surface area contributed by atoms with Gasteiger partial charge in [0.1, 0.15) is 17.9 Å². The number of aromatic carboxylic acids is 1. The van der Waals surface area contributed by atoms with Crippen LogP contribution in [0, 0.1) is 0 Å². The molecule has 0 heterocycles. The Labute approximate surface area is 109 Å². The second-order valence-electron chi connectivity index (χ2n) is 3.65. The lowest BCUT2D eigenvalue weighted by atomic mass is 10.2. The molecule has 1 aromatic carbocycles. The van der Waals surface area contributed by atoms with Gasteiger partial charge in [0, 0.05) is 10.7 Å². The highest BCUT2D eigenvalue weighted by Crippen LogP contribution is 2.25. The largest absolute Gasteiger partial charge is 0.488 e. The number of hydrogen-bond acceptors (Lipinski definition) is 4. The van der Waals surface area contributed by atoms with Gasteiger partial charge in [0.15, 0.2) is 0 Å². The molecule has 1 N–H and O–H groups in total. The number of benzene rings is 1. The molecule has 1 rings (SSSR count). The van der Waals surface area contributed by atoms with Gasteiger partial charge >= 0.3 is 5.97 Å². The fourth-order valence-corrected chi connectivity index (χ4v) is 1.93. The lowest BCUT2D eigenvalue weighted by Gasteiger charge is -2.09. The van der Waals surface area contributed by atoms with Gasteiger partial charge in [-0.15, -0.1) is 0 Å².